The first kappa shape index (κ1) is 16.8. The predicted octanol–water partition coefficient (Wildman–Crippen LogP) is 2.67. The van der Waals surface area contributed by atoms with Gasteiger partial charge >= 0.3 is 0 Å². The largest absolute Gasteiger partial charge is 0.362 e. The van der Waals surface area contributed by atoms with Crippen LogP contribution in [0.1, 0.15) is 23.3 Å². The Morgan fingerprint density at radius 1 is 1.15 bits per heavy atom. The van der Waals surface area contributed by atoms with Gasteiger partial charge in [-0.2, -0.15) is 11.8 Å². The Labute approximate surface area is 162 Å². The highest BCUT2D eigenvalue weighted by Crippen LogP contribution is 2.34. The normalized spacial score (nSPS) is 28.5. The van der Waals surface area contributed by atoms with Gasteiger partial charge in [0.1, 0.15) is 5.69 Å². The van der Waals surface area contributed by atoms with Crippen LogP contribution in [0.3, 0.4) is 0 Å². The number of pyridine rings is 1. The van der Waals surface area contributed by atoms with E-state index in [1.165, 1.54) is 42.4 Å². The molecule has 0 unspecified atom stereocenters. The lowest BCUT2D eigenvalue weighted by atomic mass is 9.84. The second-order valence-corrected chi connectivity index (χ2v) is 9.80. The van der Waals surface area contributed by atoms with E-state index in [2.05, 4.69) is 26.2 Å². The van der Waals surface area contributed by atoms with Crippen LogP contribution >= 0.6 is 23.1 Å². The molecule has 1 amide bonds. The molecule has 2 aromatic heterocycles. The van der Waals surface area contributed by atoms with Gasteiger partial charge in [0.15, 0.2) is 0 Å². The van der Waals surface area contributed by atoms with Crippen molar-refractivity contribution in [3.8, 4) is 0 Å². The number of thioether (sulfide) groups is 1. The van der Waals surface area contributed by atoms with Gasteiger partial charge in [-0.1, -0.05) is 0 Å². The maximum absolute atomic E-state index is 12.7. The van der Waals surface area contributed by atoms with Crippen LogP contribution in [-0.4, -0.2) is 66.1 Å². The number of nitrogens with zero attached hydrogens (tertiary/aromatic N) is 3. The Kier molecular flexibility index (Phi) is 4.54. The molecule has 4 aliphatic rings. The summed E-state index contributed by atoms with van der Waals surface area (Å²) in [6.45, 7) is 5.59. The minimum absolute atomic E-state index is 0.0185. The molecule has 0 aliphatic carbocycles. The number of rotatable bonds is 3. The third kappa shape index (κ3) is 3.21. The van der Waals surface area contributed by atoms with Gasteiger partial charge in [-0.05, 0) is 44.0 Å². The van der Waals surface area contributed by atoms with Gasteiger partial charge in [0.05, 0.1) is 5.00 Å². The van der Waals surface area contributed by atoms with Crippen molar-refractivity contribution in [2.45, 2.75) is 18.9 Å². The number of anilines is 1. The van der Waals surface area contributed by atoms with Crippen molar-refractivity contribution in [3.63, 3.8) is 0 Å². The summed E-state index contributed by atoms with van der Waals surface area (Å²) in [6, 6.07) is 4.48. The number of carbonyl (C=O) groups is 1. The molecule has 6 heterocycles. The number of hydrogen-bond acceptors (Lipinski definition) is 6. The second kappa shape index (κ2) is 7.02. The van der Waals surface area contributed by atoms with Crippen LogP contribution in [0, 0.1) is 5.92 Å². The first-order valence-electron chi connectivity index (χ1n) is 9.52. The number of nitrogens with one attached hydrogen (secondary N) is 1. The number of fused-ring (bicyclic) bond motifs is 4. The maximum atomic E-state index is 12.7. The van der Waals surface area contributed by atoms with E-state index in [4.69, 9.17) is 0 Å². The van der Waals surface area contributed by atoms with Crippen LogP contribution in [0.25, 0.3) is 10.1 Å². The Morgan fingerprint density at radius 2 is 1.96 bits per heavy atom. The fourth-order valence-electron chi connectivity index (χ4n) is 4.35. The van der Waals surface area contributed by atoms with E-state index in [1.54, 1.807) is 11.3 Å². The molecule has 2 bridgehead atoms. The number of thiophene rings is 1. The molecule has 1 N–H and O–H groups in total. The van der Waals surface area contributed by atoms with E-state index in [-0.39, 0.29) is 11.9 Å². The van der Waals surface area contributed by atoms with Gasteiger partial charge in [0.25, 0.3) is 5.91 Å². The number of amides is 1. The van der Waals surface area contributed by atoms with Crippen molar-refractivity contribution in [2.24, 2.45) is 5.92 Å². The molecule has 4 fully saturated rings. The summed E-state index contributed by atoms with van der Waals surface area (Å²) < 4.78 is 1.16. The van der Waals surface area contributed by atoms with E-state index < -0.39 is 0 Å². The average molecular weight is 389 g/mol. The standard InChI is InChI=1S/C19H24N4OS2/c24-19(21-16-12-22-3-1-13(16)2-4-22)15-10-17-14(11-20-15)9-18(26-17)23-5-7-25-8-6-23/h9-11,13,16H,1-8,12H2,(H,21,24)/t16-/m0/s1. The molecular formula is C19H24N4OS2. The molecule has 26 heavy (non-hydrogen) atoms. The van der Waals surface area contributed by atoms with Crippen LogP contribution in [-0.2, 0) is 0 Å². The molecule has 4 saturated heterocycles. The second-order valence-electron chi connectivity index (χ2n) is 7.51. The van der Waals surface area contributed by atoms with Crippen LogP contribution in [0.5, 0.6) is 0 Å². The smallest absolute Gasteiger partial charge is 0.270 e. The van der Waals surface area contributed by atoms with E-state index >= 15 is 0 Å². The lowest BCUT2D eigenvalue weighted by molar-refractivity contribution is 0.0618. The summed E-state index contributed by atoms with van der Waals surface area (Å²) in [5, 5.41) is 5.69. The number of hydrogen-bond donors (Lipinski definition) is 1. The van der Waals surface area contributed by atoms with Crippen molar-refractivity contribution in [1.29, 1.82) is 0 Å². The van der Waals surface area contributed by atoms with Crippen molar-refractivity contribution < 1.29 is 4.79 Å². The molecule has 1 atom stereocenters. The van der Waals surface area contributed by atoms with Crippen molar-refractivity contribution in [1.82, 2.24) is 15.2 Å². The lowest BCUT2D eigenvalue weighted by Gasteiger charge is -2.44. The first-order valence-corrected chi connectivity index (χ1v) is 11.5. The fourth-order valence-corrected chi connectivity index (χ4v) is 6.38. The zero-order valence-corrected chi connectivity index (χ0v) is 16.5. The van der Waals surface area contributed by atoms with Gasteiger partial charge in [0, 0.05) is 53.5 Å². The molecule has 0 radical (unpaired) electrons. The predicted molar refractivity (Wildman–Crippen MR) is 110 cm³/mol. The van der Waals surface area contributed by atoms with E-state index in [0.717, 1.165) is 29.7 Å². The summed E-state index contributed by atoms with van der Waals surface area (Å²) in [7, 11) is 0. The fraction of sp³-hybridized carbons (Fsp3) is 0.579. The molecule has 0 spiro atoms. The van der Waals surface area contributed by atoms with Crippen molar-refractivity contribution in [3.05, 3.63) is 24.0 Å². The highest BCUT2D eigenvalue weighted by Gasteiger charge is 2.35. The minimum Gasteiger partial charge on any atom is -0.362 e. The zero-order valence-electron chi connectivity index (χ0n) is 14.8. The summed E-state index contributed by atoms with van der Waals surface area (Å²) in [4.78, 5) is 22.1. The number of carbonyl (C=O) groups excluding carboxylic acids is 1. The molecule has 4 aliphatic heterocycles. The summed E-state index contributed by atoms with van der Waals surface area (Å²) in [6.07, 6.45) is 4.28. The third-order valence-electron chi connectivity index (χ3n) is 5.92. The molecule has 6 rings (SSSR count). The molecule has 0 saturated carbocycles. The maximum Gasteiger partial charge on any atom is 0.270 e. The quantitative estimate of drug-likeness (QED) is 0.876. The highest BCUT2D eigenvalue weighted by molar-refractivity contribution is 7.99. The summed E-state index contributed by atoms with van der Waals surface area (Å²) in [5.41, 5.74) is 0.552. The summed E-state index contributed by atoms with van der Waals surface area (Å²) in [5.74, 6) is 3.01. The van der Waals surface area contributed by atoms with Crippen LogP contribution < -0.4 is 10.2 Å². The number of piperidine rings is 3. The highest BCUT2D eigenvalue weighted by atomic mass is 32.2. The molecule has 5 nitrogen and oxygen atoms in total. The van der Waals surface area contributed by atoms with Crippen molar-refractivity contribution in [2.75, 3.05) is 49.1 Å². The van der Waals surface area contributed by atoms with E-state index in [1.807, 2.05) is 24.0 Å². The van der Waals surface area contributed by atoms with Crippen LogP contribution in [0.4, 0.5) is 5.00 Å². The average Bonchev–Trinajstić information content (AvgIpc) is 3.13. The SMILES string of the molecule is O=C(N[C@H]1CN2CCC1CC2)c1cc2sc(N3CCSCC3)cc2cn1. The molecular weight excluding hydrogens is 364 g/mol. The Bertz CT molecular complexity index is 809. The van der Waals surface area contributed by atoms with Gasteiger partial charge in [-0.25, -0.2) is 0 Å². The van der Waals surface area contributed by atoms with Crippen LogP contribution in [0.15, 0.2) is 18.3 Å². The van der Waals surface area contributed by atoms with E-state index in [0.29, 0.717) is 11.6 Å². The molecule has 138 valence electrons. The van der Waals surface area contributed by atoms with Crippen molar-refractivity contribution >= 4 is 44.1 Å². The first-order chi connectivity index (χ1) is 12.8. The Morgan fingerprint density at radius 3 is 2.69 bits per heavy atom. The Balaban J connectivity index is 1.33. The zero-order chi connectivity index (χ0) is 17.5. The topological polar surface area (TPSA) is 48.5 Å². The van der Waals surface area contributed by atoms with Gasteiger partial charge in [0.2, 0.25) is 0 Å². The van der Waals surface area contributed by atoms with Crippen LogP contribution in [0.2, 0.25) is 0 Å². The Hall–Kier alpha value is -1.31. The van der Waals surface area contributed by atoms with Gasteiger partial charge in [-0.15, -0.1) is 11.3 Å². The van der Waals surface area contributed by atoms with Gasteiger partial charge in [-0.3, -0.25) is 9.78 Å². The molecule has 2 aromatic rings. The molecule has 0 aromatic carbocycles. The van der Waals surface area contributed by atoms with E-state index in [9.17, 15) is 4.79 Å². The lowest BCUT2D eigenvalue weighted by Crippen LogP contribution is -2.57. The summed E-state index contributed by atoms with van der Waals surface area (Å²) >= 11 is 3.80. The monoisotopic (exact) mass is 388 g/mol. The third-order valence-corrected chi connectivity index (χ3v) is 8.02. The van der Waals surface area contributed by atoms with Gasteiger partial charge < -0.3 is 15.1 Å². The number of aromatic nitrogens is 1. The molecule has 7 heteroatoms. The minimum atomic E-state index is -0.0185.